The van der Waals surface area contributed by atoms with Gasteiger partial charge in [-0.2, -0.15) is 0 Å². The average molecular weight is 402 g/mol. The minimum Gasteiger partial charge on any atom is -0.504 e. The third-order valence-corrected chi connectivity index (χ3v) is 6.58. The second-order valence-electron chi connectivity index (χ2n) is 8.90. The van der Waals surface area contributed by atoms with E-state index in [9.17, 15) is 24.6 Å². The third-order valence-electron chi connectivity index (χ3n) is 6.58. The number of phenols is 2. The maximum atomic E-state index is 12.3. The van der Waals surface area contributed by atoms with Crippen LogP contribution in [0.3, 0.4) is 0 Å². The van der Waals surface area contributed by atoms with Crippen LogP contribution in [0.25, 0.3) is 0 Å². The molecular weight excluding hydrogens is 376 g/mol. The van der Waals surface area contributed by atoms with E-state index >= 15 is 0 Å². The van der Waals surface area contributed by atoms with Crippen molar-refractivity contribution in [1.82, 2.24) is 10.6 Å². The molecule has 3 amide bonds. The van der Waals surface area contributed by atoms with Crippen molar-refractivity contribution in [3.63, 3.8) is 0 Å². The van der Waals surface area contributed by atoms with Crippen molar-refractivity contribution in [2.45, 2.75) is 51.0 Å². The molecule has 1 aromatic carbocycles. The van der Waals surface area contributed by atoms with E-state index in [4.69, 9.17) is 4.74 Å². The predicted molar refractivity (Wildman–Crippen MR) is 102 cm³/mol. The Morgan fingerprint density at radius 2 is 1.62 bits per heavy atom. The van der Waals surface area contributed by atoms with Crippen LogP contribution in [0.4, 0.5) is 4.79 Å². The summed E-state index contributed by atoms with van der Waals surface area (Å²) >= 11 is 0. The lowest BCUT2D eigenvalue weighted by Gasteiger charge is -2.56. The molecule has 5 rings (SSSR count). The van der Waals surface area contributed by atoms with Crippen LogP contribution in [-0.2, 0) is 9.53 Å². The highest BCUT2D eigenvalue weighted by Gasteiger charge is 2.51. The van der Waals surface area contributed by atoms with E-state index in [-0.39, 0.29) is 11.1 Å². The van der Waals surface area contributed by atoms with Crippen molar-refractivity contribution < 1.29 is 29.3 Å². The van der Waals surface area contributed by atoms with Crippen LogP contribution < -0.4 is 10.6 Å². The second-order valence-corrected chi connectivity index (χ2v) is 8.90. The molecule has 4 bridgehead atoms. The Morgan fingerprint density at radius 3 is 2.21 bits per heavy atom. The summed E-state index contributed by atoms with van der Waals surface area (Å²) in [6, 6.07) is 2.18. The Labute approximate surface area is 168 Å². The van der Waals surface area contributed by atoms with E-state index in [0.717, 1.165) is 19.3 Å². The van der Waals surface area contributed by atoms with Gasteiger partial charge in [-0.25, -0.2) is 9.59 Å². The predicted octanol–water partition coefficient (Wildman–Crippen LogP) is 2.36. The molecule has 0 aliphatic heterocycles. The molecule has 0 saturated heterocycles. The van der Waals surface area contributed by atoms with Crippen molar-refractivity contribution in [2.24, 2.45) is 17.8 Å². The monoisotopic (exact) mass is 402 g/mol. The quantitative estimate of drug-likeness (QED) is 0.453. The first-order chi connectivity index (χ1) is 13.7. The SMILES string of the molecule is Cc1ccc(C(=O)OCC(=O)NC(=O)NC23CC4CC(CC(C4)C2)C3)c(O)c1O. The minimum atomic E-state index is -0.963. The van der Waals surface area contributed by atoms with Crippen LogP contribution in [0, 0.1) is 24.7 Å². The van der Waals surface area contributed by atoms with Gasteiger partial charge in [0.05, 0.1) is 0 Å². The molecule has 0 atom stereocenters. The van der Waals surface area contributed by atoms with Crippen molar-refractivity contribution in [2.75, 3.05) is 6.61 Å². The van der Waals surface area contributed by atoms with E-state index in [2.05, 4.69) is 10.6 Å². The molecular formula is C21H26N2O6. The van der Waals surface area contributed by atoms with Gasteiger partial charge < -0.3 is 20.3 Å². The Balaban J connectivity index is 1.28. The standard InChI is InChI=1S/C21H26N2O6/c1-11-2-3-15(18(26)17(11)25)19(27)29-10-16(24)22-20(28)23-21-7-12-4-13(8-21)6-14(5-12)9-21/h2-3,12-14,25-26H,4-10H2,1H3,(H2,22,23,24,28). The molecule has 8 heteroatoms. The van der Waals surface area contributed by atoms with Crippen molar-refractivity contribution in [3.8, 4) is 11.5 Å². The van der Waals surface area contributed by atoms with Gasteiger partial charge in [0.2, 0.25) is 0 Å². The molecule has 4 fully saturated rings. The van der Waals surface area contributed by atoms with Crippen molar-refractivity contribution in [3.05, 3.63) is 23.3 Å². The van der Waals surface area contributed by atoms with Crippen LogP contribution in [0.1, 0.15) is 54.4 Å². The molecule has 0 unspecified atom stereocenters. The number of carbonyl (C=O) groups is 3. The van der Waals surface area contributed by atoms with Gasteiger partial charge in [0.15, 0.2) is 18.1 Å². The number of benzene rings is 1. The summed E-state index contributed by atoms with van der Waals surface area (Å²) < 4.78 is 4.86. The number of imide groups is 1. The molecule has 156 valence electrons. The molecule has 0 aromatic heterocycles. The fraction of sp³-hybridized carbons (Fsp3) is 0.571. The fourth-order valence-electron chi connectivity index (χ4n) is 5.75. The molecule has 0 spiro atoms. The molecule has 4 N–H and O–H groups in total. The molecule has 29 heavy (non-hydrogen) atoms. The van der Waals surface area contributed by atoms with Gasteiger partial charge >= 0.3 is 12.0 Å². The summed E-state index contributed by atoms with van der Waals surface area (Å²) in [5, 5.41) is 24.8. The fourth-order valence-corrected chi connectivity index (χ4v) is 5.75. The lowest BCUT2D eigenvalue weighted by atomic mass is 9.53. The van der Waals surface area contributed by atoms with Crippen LogP contribution in [0.5, 0.6) is 11.5 Å². The van der Waals surface area contributed by atoms with Gasteiger partial charge in [-0.05, 0) is 74.8 Å². The highest BCUT2D eigenvalue weighted by Crippen LogP contribution is 2.55. The first-order valence-electron chi connectivity index (χ1n) is 10.1. The number of aryl methyl sites for hydroxylation is 1. The number of hydrogen-bond donors (Lipinski definition) is 4. The van der Waals surface area contributed by atoms with Gasteiger partial charge in [-0.3, -0.25) is 10.1 Å². The largest absolute Gasteiger partial charge is 0.504 e. The van der Waals surface area contributed by atoms with E-state index < -0.39 is 36.0 Å². The van der Waals surface area contributed by atoms with Gasteiger partial charge in [0.25, 0.3) is 5.91 Å². The topological polar surface area (TPSA) is 125 Å². The van der Waals surface area contributed by atoms with Gasteiger partial charge in [0, 0.05) is 5.54 Å². The van der Waals surface area contributed by atoms with Gasteiger partial charge in [-0.1, -0.05) is 6.07 Å². The van der Waals surface area contributed by atoms with E-state index in [1.165, 1.54) is 31.4 Å². The number of urea groups is 1. The van der Waals surface area contributed by atoms with Gasteiger partial charge in [-0.15, -0.1) is 0 Å². The van der Waals surface area contributed by atoms with E-state index in [1.807, 2.05) is 0 Å². The number of rotatable bonds is 4. The Morgan fingerprint density at radius 1 is 1.03 bits per heavy atom. The van der Waals surface area contributed by atoms with Crippen LogP contribution in [0.2, 0.25) is 0 Å². The summed E-state index contributed by atoms with van der Waals surface area (Å²) in [6.45, 7) is 0.904. The number of hydrogen-bond acceptors (Lipinski definition) is 6. The Hall–Kier alpha value is -2.77. The van der Waals surface area contributed by atoms with E-state index in [0.29, 0.717) is 23.3 Å². The Bertz CT molecular complexity index is 830. The zero-order valence-corrected chi connectivity index (χ0v) is 16.4. The van der Waals surface area contributed by atoms with Crippen molar-refractivity contribution >= 4 is 17.9 Å². The smallest absolute Gasteiger partial charge is 0.342 e. The number of esters is 1. The van der Waals surface area contributed by atoms with Crippen LogP contribution in [0.15, 0.2) is 12.1 Å². The zero-order chi connectivity index (χ0) is 20.8. The van der Waals surface area contributed by atoms with Crippen LogP contribution in [-0.4, -0.2) is 40.3 Å². The van der Waals surface area contributed by atoms with Crippen molar-refractivity contribution in [1.29, 1.82) is 0 Å². The number of amides is 3. The summed E-state index contributed by atoms with van der Waals surface area (Å²) in [4.78, 5) is 36.4. The maximum absolute atomic E-state index is 12.3. The average Bonchev–Trinajstić information content (AvgIpc) is 2.62. The minimum absolute atomic E-state index is 0.221. The Kier molecular flexibility index (Phi) is 4.88. The number of aromatic hydroxyl groups is 2. The molecule has 0 radical (unpaired) electrons. The number of phenolic OH excluding ortho intramolecular Hbond substituents is 2. The summed E-state index contributed by atoms with van der Waals surface area (Å²) in [5.74, 6) is -0.745. The molecule has 4 aliphatic carbocycles. The first kappa shape index (κ1) is 19.5. The first-order valence-corrected chi connectivity index (χ1v) is 10.1. The third kappa shape index (κ3) is 3.88. The maximum Gasteiger partial charge on any atom is 0.342 e. The second kappa shape index (κ2) is 7.24. The highest BCUT2D eigenvalue weighted by molar-refractivity contribution is 5.98. The summed E-state index contributed by atoms with van der Waals surface area (Å²) in [5.41, 5.74) is -0.0712. The summed E-state index contributed by atoms with van der Waals surface area (Å²) in [6.07, 6.45) is 6.64. The van der Waals surface area contributed by atoms with Crippen LogP contribution >= 0.6 is 0 Å². The number of nitrogens with one attached hydrogen (secondary N) is 2. The molecule has 1 aromatic rings. The molecule has 4 saturated carbocycles. The lowest BCUT2D eigenvalue weighted by molar-refractivity contribution is -0.123. The highest BCUT2D eigenvalue weighted by atomic mass is 16.5. The van der Waals surface area contributed by atoms with Gasteiger partial charge in [0.1, 0.15) is 5.56 Å². The zero-order valence-electron chi connectivity index (χ0n) is 16.4. The molecule has 8 nitrogen and oxygen atoms in total. The normalized spacial score (nSPS) is 29.3. The lowest BCUT2D eigenvalue weighted by Crippen LogP contribution is -2.62. The molecule has 0 heterocycles. The van der Waals surface area contributed by atoms with E-state index in [1.54, 1.807) is 6.92 Å². The molecule has 4 aliphatic rings. The summed E-state index contributed by atoms with van der Waals surface area (Å²) in [7, 11) is 0. The number of carbonyl (C=O) groups excluding carboxylic acids is 3. The number of ether oxygens (including phenoxy) is 1.